The molecule has 0 saturated heterocycles. The van der Waals surface area contributed by atoms with Crippen LogP contribution in [0.2, 0.25) is 5.02 Å². The molecular formula is C19H17ClN4O3. The molecule has 27 heavy (non-hydrogen) atoms. The van der Waals surface area contributed by atoms with Gasteiger partial charge in [0.25, 0.3) is 11.6 Å². The molecule has 1 aromatic heterocycles. The van der Waals surface area contributed by atoms with Crippen molar-refractivity contribution in [3.8, 4) is 0 Å². The molecule has 0 fully saturated rings. The summed E-state index contributed by atoms with van der Waals surface area (Å²) in [7, 11) is 0. The Morgan fingerprint density at radius 2 is 2.00 bits per heavy atom. The maximum atomic E-state index is 12.5. The van der Waals surface area contributed by atoms with Crippen molar-refractivity contribution in [2.75, 3.05) is 5.32 Å². The van der Waals surface area contributed by atoms with Gasteiger partial charge >= 0.3 is 0 Å². The number of nitrogens with zero attached hydrogens (tertiary/aromatic N) is 3. The lowest BCUT2D eigenvalue weighted by molar-refractivity contribution is -0.384. The summed E-state index contributed by atoms with van der Waals surface area (Å²) in [6.45, 7) is 4.45. The average molecular weight is 385 g/mol. The number of halogens is 1. The highest BCUT2D eigenvalue weighted by atomic mass is 35.5. The number of amides is 1. The third-order valence-electron chi connectivity index (χ3n) is 4.03. The Morgan fingerprint density at radius 1 is 1.22 bits per heavy atom. The van der Waals surface area contributed by atoms with Crippen LogP contribution in [0.4, 0.5) is 11.4 Å². The molecule has 0 radical (unpaired) electrons. The van der Waals surface area contributed by atoms with Gasteiger partial charge in [-0.05, 0) is 49.7 Å². The molecule has 3 rings (SSSR count). The number of benzene rings is 2. The minimum Gasteiger partial charge on any atom is -0.322 e. The third kappa shape index (κ3) is 4.32. The summed E-state index contributed by atoms with van der Waals surface area (Å²) in [6, 6.07) is 13.3. The number of nitro groups is 1. The molecule has 0 aliphatic carbocycles. The molecule has 0 saturated carbocycles. The van der Waals surface area contributed by atoms with E-state index >= 15 is 0 Å². The smallest absolute Gasteiger partial charge is 0.289 e. The Balaban J connectivity index is 1.78. The fourth-order valence-electron chi connectivity index (χ4n) is 2.75. The minimum atomic E-state index is -0.590. The van der Waals surface area contributed by atoms with E-state index in [4.69, 9.17) is 11.6 Å². The van der Waals surface area contributed by atoms with Gasteiger partial charge in [-0.25, -0.2) is 0 Å². The van der Waals surface area contributed by atoms with Crippen LogP contribution in [0.25, 0.3) is 0 Å². The van der Waals surface area contributed by atoms with Crippen molar-refractivity contribution in [3.05, 3.63) is 86.2 Å². The van der Waals surface area contributed by atoms with Crippen LogP contribution in [0.1, 0.15) is 27.3 Å². The van der Waals surface area contributed by atoms with E-state index in [0.29, 0.717) is 17.8 Å². The molecule has 2 aromatic carbocycles. The monoisotopic (exact) mass is 384 g/mol. The van der Waals surface area contributed by atoms with Crippen molar-refractivity contribution in [1.29, 1.82) is 0 Å². The Morgan fingerprint density at radius 3 is 2.67 bits per heavy atom. The molecule has 138 valence electrons. The van der Waals surface area contributed by atoms with Gasteiger partial charge in [0.2, 0.25) is 0 Å². The molecule has 1 heterocycles. The largest absolute Gasteiger partial charge is 0.322 e. The first kappa shape index (κ1) is 18.6. The zero-order chi connectivity index (χ0) is 19.6. The molecule has 3 aromatic rings. The number of hydrogen-bond acceptors (Lipinski definition) is 4. The van der Waals surface area contributed by atoms with E-state index < -0.39 is 4.92 Å². The van der Waals surface area contributed by atoms with Gasteiger partial charge in [-0.2, -0.15) is 5.10 Å². The summed E-state index contributed by atoms with van der Waals surface area (Å²) in [5.74, 6) is -0.359. The first-order valence-corrected chi connectivity index (χ1v) is 8.56. The van der Waals surface area contributed by atoms with Crippen LogP contribution in [0.5, 0.6) is 0 Å². The van der Waals surface area contributed by atoms with Crippen LogP contribution < -0.4 is 5.32 Å². The molecule has 0 aliphatic heterocycles. The van der Waals surface area contributed by atoms with E-state index in [2.05, 4.69) is 10.4 Å². The summed E-state index contributed by atoms with van der Waals surface area (Å²) >= 11 is 5.79. The highest BCUT2D eigenvalue weighted by Crippen LogP contribution is 2.27. The maximum absolute atomic E-state index is 12.5. The number of hydrogen-bond donors (Lipinski definition) is 1. The molecule has 0 spiro atoms. The highest BCUT2D eigenvalue weighted by molar-refractivity contribution is 6.32. The van der Waals surface area contributed by atoms with E-state index in [1.165, 1.54) is 18.2 Å². The van der Waals surface area contributed by atoms with Crippen LogP contribution in [0, 0.1) is 24.0 Å². The van der Waals surface area contributed by atoms with Crippen molar-refractivity contribution >= 4 is 28.9 Å². The summed E-state index contributed by atoms with van der Waals surface area (Å²) < 4.78 is 1.87. The number of carbonyl (C=O) groups is 1. The number of carbonyl (C=O) groups excluding carboxylic acids is 1. The quantitative estimate of drug-likeness (QED) is 0.522. The summed E-state index contributed by atoms with van der Waals surface area (Å²) in [5.41, 5.74) is 3.40. The van der Waals surface area contributed by atoms with Gasteiger partial charge in [0.1, 0.15) is 5.02 Å². The predicted octanol–water partition coefficient (Wildman–Crippen LogP) is 4.36. The molecule has 7 nitrogen and oxygen atoms in total. The van der Waals surface area contributed by atoms with E-state index in [0.717, 1.165) is 17.0 Å². The SMILES string of the molecule is Cc1cc(C)n(Cc2cccc(C(=O)Nc3ccc(Cl)c([N+](=O)[O-])c3)c2)n1. The predicted molar refractivity (Wildman–Crippen MR) is 103 cm³/mol. The molecule has 0 unspecified atom stereocenters. The highest BCUT2D eigenvalue weighted by Gasteiger charge is 2.15. The van der Waals surface area contributed by atoms with Gasteiger partial charge in [-0.1, -0.05) is 23.7 Å². The third-order valence-corrected chi connectivity index (χ3v) is 4.35. The summed E-state index contributed by atoms with van der Waals surface area (Å²) in [4.78, 5) is 22.9. The number of nitrogens with one attached hydrogen (secondary N) is 1. The molecule has 0 aliphatic rings. The van der Waals surface area contributed by atoms with Gasteiger partial charge in [0.05, 0.1) is 17.2 Å². The first-order chi connectivity index (χ1) is 12.8. The molecule has 1 amide bonds. The average Bonchev–Trinajstić information content (AvgIpc) is 2.93. The zero-order valence-electron chi connectivity index (χ0n) is 14.8. The number of aromatic nitrogens is 2. The lowest BCUT2D eigenvalue weighted by atomic mass is 10.1. The van der Waals surface area contributed by atoms with E-state index in [1.807, 2.05) is 30.7 Å². The molecular weight excluding hydrogens is 368 g/mol. The number of anilines is 1. The lowest BCUT2D eigenvalue weighted by Crippen LogP contribution is -2.13. The van der Waals surface area contributed by atoms with Gasteiger partial charge in [0, 0.05) is 23.0 Å². The molecule has 8 heteroatoms. The Kier molecular flexibility index (Phi) is 5.23. The van der Waals surface area contributed by atoms with Crippen LogP contribution in [-0.4, -0.2) is 20.6 Å². The maximum Gasteiger partial charge on any atom is 0.289 e. The Labute approximate surface area is 160 Å². The first-order valence-electron chi connectivity index (χ1n) is 8.19. The lowest BCUT2D eigenvalue weighted by Gasteiger charge is -2.09. The van der Waals surface area contributed by atoms with E-state index in [1.54, 1.807) is 18.2 Å². The second kappa shape index (κ2) is 7.59. The van der Waals surface area contributed by atoms with Crippen molar-refractivity contribution < 1.29 is 9.72 Å². The van der Waals surface area contributed by atoms with Gasteiger partial charge in [-0.3, -0.25) is 19.6 Å². The minimum absolute atomic E-state index is 0.0184. The summed E-state index contributed by atoms with van der Waals surface area (Å²) in [6.07, 6.45) is 0. The van der Waals surface area contributed by atoms with E-state index in [-0.39, 0.29) is 16.6 Å². The summed E-state index contributed by atoms with van der Waals surface area (Å²) in [5, 5.41) is 18.1. The Bertz CT molecular complexity index is 1030. The van der Waals surface area contributed by atoms with Crippen molar-refractivity contribution in [2.24, 2.45) is 0 Å². The number of rotatable bonds is 5. The normalized spacial score (nSPS) is 10.6. The van der Waals surface area contributed by atoms with Gasteiger partial charge in [-0.15, -0.1) is 0 Å². The fourth-order valence-corrected chi connectivity index (χ4v) is 2.94. The second-order valence-corrected chi connectivity index (χ2v) is 6.57. The molecule has 1 N–H and O–H groups in total. The molecule has 0 bridgehead atoms. The van der Waals surface area contributed by atoms with Crippen LogP contribution in [0.3, 0.4) is 0 Å². The number of aryl methyl sites for hydroxylation is 2. The topological polar surface area (TPSA) is 90.1 Å². The van der Waals surface area contributed by atoms with Crippen LogP contribution >= 0.6 is 11.6 Å². The van der Waals surface area contributed by atoms with E-state index in [9.17, 15) is 14.9 Å². The van der Waals surface area contributed by atoms with Crippen molar-refractivity contribution in [1.82, 2.24) is 9.78 Å². The van der Waals surface area contributed by atoms with Crippen molar-refractivity contribution in [2.45, 2.75) is 20.4 Å². The second-order valence-electron chi connectivity index (χ2n) is 6.16. The fraction of sp³-hybridized carbons (Fsp3) is 0.158. The van der Waals surface area contributed by atoms with Crippen molar-refractivity contribution in [3.63, 3.8) is 0 Å². The van der Waals surface area contributed by atoms with Crippen LogP contribution in [-0.2, 0) is 6.54 Å². The van der Waals surface area contributed by atoms with Gasteiger partial charge < -0.3 is 5.32 Å². The zero-order valence-corrected chi connectivity index (χ0v) is 15.5. The van der Waals surface area contributed by atoms with Gasteiger partial charge in [0.15, 0.2) is 0 Å². The molecule has 0 atom stereocenters. The number of nitro benzene ring substituents is 1. The Hall–Kier alpha value is -3.19. The van der Waals surface area contributed by atoms with Crippen LogP contribution in [0.15, 0.2) is 48.5 Å². The standard InChI is InChI=1S/C19H17ClN4O3/c1-12-8-13(2)23(22-12)11-14-4-3-5-15(9-14)19(25)21-16-6-7-17(20)18(10-16)24(26)27/h3-10H,11H2,1-2H3,(H,21,25).